The maximum Gasteiger partial charge on any atom is 0.239 e. The van der Waals surface area contributed by atoms with Gasteiger partial charge in [0.25, 0.3) is 0 Å². The molecule has 1 aliphatic rings. The maximum absolute atomic E-state index is 12.2. The van der Waals surface area contributed by atoms with Gasteiger partial charge in [-0.2, -0.15) is 5.10 Å². The van der Waals surface area contributed by atoms with Gasteiger partial charge in [0.2, 0.25) is 5.91 Å². The topological polar surface area (TPSA) is 77.0 Å². The van der Waals surface area contributed by atoms with E-state index < -0.39 is 6.04 Å². The number of rotatable bonds is 3. The molecule has 1 unspecified atom stereocenters. The van der Waals surface area contributed by atoms with Crippen molar-refractivity contribution in [3.05, 3.63) is 12.7 Å². The van der Waals surface area contributed by atoms with Gasteiger partial charge in [-0.3, -0.25) is 4.79 Å². The molecule has 2 atom stereocenters. The van der Waals surface area contributed by atoms with Crippen LogP contribution >= 0.6 is 12.4 Å². The Labute approximate surface area is 119 Å². The van der Waals surface area contributed by atoms with Gasteiger partial charge in [-0.1, -0.05) is 13.8 Å². The molecule has 19 heavy (non-hydrogen) atoms. The number of carbonyl (C=O) groups is 1. The van der Waals surface area contributed by atoms with Crippen molar-refractivity contribution in [2.24, 2.45) is 11.7 Å². The molecule has 0 radical (unpaired) electrons. The third kappa shape index (κ3) is 3.67. The average Bonchev–Trinajstić information content (AvgIpc) is 2.91. The Bertz CT molecular complexity index is 395. The first-order chi connectivity index (χ1) is 8.59. The summed E-state index contributed by atoms with van der Waals surface area (Å²) in [5.41, 5.74) is 5.93. The summed E-state index contributed by atoms with van der Waals surface area (Å²) >= 11 is 0. The molecular formula is C12H22ClN5O. The number of nitrogens with zero attached hydrogens (tertiary/aromatic N) is 4. The number of nitrogens with two attached hydrogens (primary N) is 1. The van der Waals surface area contributed by atoms with Gasteiger partial charge < -0.3 is 10.6 Å². The van der Waals surface area contributed by atoms with Crippen LogP contribution in [0.1, 0.15) is 32.7 Å². The lowest BCUT2D eigenvalue weighted by molar-refractivity contribution is -0.135. The summed E-state index contributed by atoms with van der Waals surface area (Å²) in [6.07, 6.45) is 5.26. The van der Waals surface area contributed by atoms with E-state index in [9.17, 15) is 4.79 Å². The van der Waals surface area contributed by atoms with E-state index in [0.717, 1.165) is 19.4 Å². The molecule has 1 aliphatic heterocycles. The highest BCUT2D eigenvalue weighted by molar-refractivity contribution is 5.85. The quantitative estimate of drug-likeness (QED) is 0.894. The molecule has 1 aromatic rings. The molecular weight excluding hydrogens is 266 g/mol. The first kappa shape index (κ1) is 15.9. The Balaban J connectivity index is 0.00000180. The zero-order chi connectivity index (χ0) is 13.1. The van der Waals surface area contributed by atoms with Crippen LogP contribution in [-0.4, -0.2) is 44.7 Å². The molecule has 7 heteroatoms. The van der Waals surface area contributed by atoms with Crippen molar-refractivity contribution in [1.82, 2.24) is 19.7 Å². The fourth-order valence-corrected chi connectivity index (χ4v) is 2.27. The van der Waals surface area contributed by atoms with E-state index in [0.29, 0.717) is 6.54 Å². The number of piperidine rings is 1. The second-order valence-electron chi connectivity index (χ2n) is 5.23. The fraction of sp³-hybridized carbons (Fsp3) is 0.750. The van der Waals surface area contributed by atoms with Gasteiger partial charge in [0.05, 0.1) is 12.1 Å². The normalized spacial score (nSPS) is 21.1. The number of likely N-dealkylation sites (tertiary alicyclic amines) is 1. The predicted molar refractivity (Wildman–Crippen MR) is 74.9 cm³/mol. The lowest BCUT2D eigenvalue weighted by Crippen LogP contribution is -2.50. The molecule has 1 amide bonds. The Morgan fingerprint density at radius 3 is 2.79 bits per heavy atom. The minimum absolute atomic E-state index is 0. The molecule has 0 aromatic carbocycles. The monoisotopic (exact) mass is 287 g/mol. The number of amides is 1. The van der Waals surface area contributed by atoms with Crippen LogP contribution in [0.15, 0.2) is 12.7 Å². The summed E-state index contributed by atoms with van der Waals surface area (Å²) in [6, 6.07) is -0.177. The second kappa shape index (κ2) is 6.86. The van der Waals surface area contributed by atoms with Gasteiger partial charge in [0, 0.05) is 13.1 Å². The van der Waals surface area contributed by atoms with Gasteiger partial charge in [0.1, 0.15) is 12.7 Å². The molecule has 1 aromatic heterocycles. The van der Waals surface area contributed by atoms with Gasteiger partial charge in [-0.15, -0.1) is 12.4 Å². The summed E-state index contributed by atoms with van der Waals surface area (Å²) in [5, 5.41) is 4.15. The Morgan fingerprint density at radius 1 is 1.47 bits per heavy atom. The van der Waals surface area contributed by atoms with Crippen molar-refractivity contribution in [3.8, 4) is 0 Å². The van der Waals surface area contributed by atoms with E-state index in [2.05, 4.69) is 10.1 Å². The number of halogens is 1. The second-order valence-corrected chi connectivity index (χ2v) is 5.23. The summed E-state index contributed by atoms with van der Waals surface area (Å²) in [6.45, 7) is 5.43. The van der Waals surface area contributed by atoms with Crippen LogP contribution < -0.4 is 5.73 Å². The molecule has 2 N–H and O–H groups in total. The van der Waals surface area contributed by atoms with E-state index in [4.69, 9.17) is 5.73 Å². The third-order valence-electron chi connectivity index (χ3n) is 3.52. The molecule has 6 nitrogen and oxygen atoms in total. The van der Waals surface area contributed by atoms with Crippen molar-refractivity contribution in [3.63, 3.8) is 0 Å². The van der Waals surface area contributed by atoms with Crippen molar-refractivity contribution in [1.29, 1.82) is 0 Å². The number of aromatic nitrogens is 3. The van der Waals surface area contributed by atoms with E-state index in [-0.39, 0.29) is 30.3 Å². The van der Waals surface area contributed by atoms with E-state index in [1.807, 2.05) is 23.4 Å². The summed E-state index contributed by atoms with van der Waals surface area (Å²) < 4.78 is 1.83. The molecule has 0 bridgehead atoms. The number of hydrogen-bond donors (Lipinski definition) is 1. The molecule has 1 saturated heterocycles. The summed E-state index contributed by atoms with van der Waals surface area (Å²) in [5.74, 6) is 0.221. The predicted octanol–water partition coefficient (Wildman–Crippen LogP) is 0.847. The summed E-state index contributed by atoms with van der Waals surface area (Å²) in [4.78, 5) is 18.0. The van der Waals surface area contributed by atoms with E-state index in [1.54, 1.807) is 6.33 Å². The van der Waals surface area contributed by atoms with Crippen LogP contribution in [0.5, 0.6) is 0 Å². The first-order valence-corrected chi connectivity index (χ1v) is 6.48. The zero-order valence-corrected chi connectivity index (χ0v) is 12.2. The standard InChI is InChI=1S/C12H21N5O.ClH/c1-9(2)11(13)12(18)16-5-3-4-10(6-16)17-8-14-7-15-17;/h7-11H,3-6,13H2,1-2H3;1H/t10?,11-;/m0./s1. The smallest absolute Gasteiger partial charge is 0.239 e. The Hall–Kier alpha value is -1.14. The third-order valence-corrected chi connectivity index (χ3v) is 3.52. The first-order valence-electron chi connectivity index (χ1n) is 6.48. The van der Waals surface area contributed by atoms with Gasteiger partial charge in [-0.05, 0) is 18.8 Å². The van der Waals surface area contributed by atoms with Crippen molar-refractivity contribution in [2.45, 2.75) is 38.8 Å². The van der Waals surface area contributed by atoms with E-state index >= 15 is 0 Å². The van der Waals surface area contributed by atoms with Gasteiger partial charge in [0.15, 0.2) is 0 Å². The Morgan fingerprint density at radius 2 is 2.21 bits per heavy atom. The highest BCUT2D eigenvalue weighted by Gasteiger charge is 2.29. The number of hydrogen-bond acceptors (Lipinski definition) is 4. The molecule has 0 saturated carbocycles. The lowest BCUT2D eigenvalue weighted by Gasteiger charge is -2.34. The molecule has 2 rings (SSSR count). The molecule has 0 spiro atoms. The van der Waals surface area contributed by atoms with Crippen molar-refractivity contribution >= 4 is 18.3 Å². The molecule has 0 aliphatic carbocycles. The minimum atomic E-state index is -0.403. The highest BCUT2D eigenvalue weighted by atomic mass is 35.5. The lowest BCUT2D eigenvalue weighted by atomic mass is 10.0. The fourth-order valence-electron chi connectivity index (χ4n) is 2.27. The van der Waals surface area contributed by atoms with Gasteiger partial charge in [-0.25, -0.2) is 9.67 Å². The Kier molecular flexibility index (Phi) is 5.75. The van der Waals surface area contributed by atoms with Crippen LogP contribution in [0.25, 0.3) is 0 Å². The van der Waals surface area contributed by atoms with Crippen LogP contribution in [0.4, 0.5) is 0 Å². The van der Waals surface area contributed by atoms with Crippen LogP contribution in [-0.2, 0) is 4.79 Å². The van der Waals surface area contributed by atoms with Crippen molar-refractivity contribution in [2.75, 3.05) is 13.1 Å². The number of carbonyl (C=O) groups excluding carboxylic acids is 1. The van der Waals surface area contributed by atoms with E-state index in [1.165, 1.54) is 6.33 Å². The molecule has 1 fully saturated rings. The van der Waals surface area contributed by atoms with Crippen LogP contribution in [0.2, 0.25) is 0 Å². The SMILES string of the molecule is CC(C)[C@H](N)C(=O)N1CCCC(n2cncn2)C1.Cl. The zero-order valence-electron chi connectivity index (χ0n) is 11.4. The van der Waals surface area contributed by atoms with Gasteiger partial charge >= 0.3 is 0 Å². The van der Waals surface area contributed by atoms with Crippen LogP contribution in [0.3, 0.4) is 0 Å². The highest BCUT2D eigenvalue weighted by Crippen LogP contribution is 2.21. The molecule has 108 valence electrons. The molecule has 2 heterocycles. The minimum Gasteiger partial charge on any atom is -0.339 e. The van der Waals surface area contributed by atoms with Crippen molar-refractivity contribution < 1.29 is 4.79 Å². The average molecular weight is 288 g/mol. The maximum atomic E-state index is 12.2. The largest absolute Gasteiger partial charge is 0.339 e. The van der Waals surface area contributed by atoms with Crippen LogP contribution in [0, 0.1) is 5.92 Å². The summed E-state index contributed by atoms with van der Waals surface area (Å²) in [7, 11) is 0.